The SMILES string of the molecule is CN1CCC(N(CC2CCCCN2)C2CC2)C1=O. The lowest BCUT2D eigenvalue weighted by Gasteiger charge is -2.33. The zero-order valence-electron chi connectivity index (χ0n) is 11.4. The van der Waals surface area contributed by atoms with Crippen LogP contribution in [0.4, 0.5) is 0 Å². The third kappa shape index (κ3) is 2.54. The van der Waals surface area contributed by atoms with Gasteiger partial charge in [-0.3, -0.25) is 9.69 Å². The number of nitrogens with one attached hydrogen (secondary N) is 1. The summed E-state index contributed by atoms with van der Waals surface area (Å²) in [5, 5.41) is 3.62. The summed E-state index contributed by atoms with van der Waals surface area (Å²) in [6.07, 6.45) is 7.54. The van der Waals surface area contributed by atoms with Crippen LogP contribution in [0.1, 0.15) is 38.5 Å². The average Bonchev–Trinajstić information content (AvgIpc) is 3.17. The molecular formula is C14H25N3O. The molecule has 2 atom stereocenters. The molecule has 1 saturated carbocycles. The van der Waals surface area contributed by atoms with Crippen molar-refractivity contribution in [1.82, 2.24) is 15.1 Å². The van der Waals surface area contributed by atoms with Crippen molar-refractivity contribution in [1.29, 1.82) is 0 Å². The lowest BCUT2D eigenvalue weighted by atomic mass is 10.0. The first-order valence-electron chi connectivity index (χ1n) is 7.50. The van der Waals surface area contributed by atoms with Crippen LogP contribution in [0.5, 0.6) is 0 Å². The molecule has 4 nitrogen and oxygen atoms in total. The Balaban J connectivity index is 1.62. The molecule has 2 heterocycles. The Hall–Kier alpha value is -0.610. The highest BCUT2D eigenvalue weighted by molar-refractivity contribution is 5.83. The largest absolute Gasteiger partial charge is 0.344 e. The number of piperidine rings is 1. The number of hydrogen-bond donors (Lipinski definition) is 1. The Kier molecular flexibility index (Phi) is 3.57. The van der Waals surface area contributed by atoms with E-state index in [4.69, 9.17) is 0 Å². The van der Waals surface area contributed by atoms with E-state index >= 15 is 0 Å². The summed E-state index contributed by atoms with van der Waals surface area (Å²) in [7, 11) is 1.94. The minimum absolute atomic E-state index is 0.172. The number of carbonyl (C=O) groups is 1. The molecule has 3 aliphatic rings. The molecule has 1 N–H and O–H groups in total. The second-order valence-electron chi connectivity index (χ2n) is 6.14. The van der Waals surface area contributed by atoms with Gasteiger partial charge < -0.3 is 10.2 Å². The Bertz CT molecular complexity index is 310. The number of carbonyl (C=O) groups excluding carboxylic acids is 1. The molecule has 102 valence electrons. The number of hydrogen-bond acceptors (Lipinski definition) is 3. The number of likely N-dealkylation sites (tertiary alicyclic amines) is 1. The van der Waals surface area contributed by atoms with Crippen molar-refractivity contribution >= 4 is 5.91 Å². The third-order valence-corrected chi connectivity index (χ3v) is 4.66. The summed E-state index contributed by atoms with van der Waals surface area (Å²) >= 11 is 0. The molecule has 1 amide bonds. The number of likely N-dealkylation sites (N-methyl/N-ethyl adjacent to an activating group) is 1. The first-order valence-corrected chi connectivity index (χ1v) is 7.50. The minimum Gasteiger partial charge on any atom is -0.344 e. The van der Waals surface area contributed by atoms with Gasteiger partial charge in [0.1, 0.15) is 0 Å². The quantitative estimate of drug-likeness (QED) is 0.803. The van der Waals surface area contributed by atoms with Crippen LogP contribution in [-0.2, 0) is 4.79 Å². The maximum atomic E-state index is 12.2. The third-order valence-electron chi connectivity index (χ3n) is 4.66. The Labute approximate surface area is 110 Å². The van der Waals surface area contributed by atoms with E-state index in [0.717, 1.165) is 26.1 Å². The number of rotatable bonds is 4. The molecule has 0 aromatic carbocycles. The molecule has 3 fully saturated rings. The van der Waals surface area contributed by atoms with Gasteiger partial charge in [-0.2, -0.15) is 0 Å². The molecule has 2 saturated heterocycles. The maximum absolute atomic E-state index is 12.2. The van der Waals surface area contributed by atoms with E-state index in [-0.39, 0.29) is 6.04 Å². The summed E-state index contributed by atoms with van der Waals surface area (Å²) in [5.74, 6) is 0.345. The Morgan fingerprint density at radius 2 is 2.11 bits per heavy atom. The van der Waals surface area contributed by atoms with Gasteiger partial charge in [0.15, 0.2) is 0 Å². The molecule has 2 aliphatic heterocycles. The topological polar surface area (TPSA) is 35.6 Å². The van der Waals surface area contributed by atoms with Crippen LogP contribution in [0.3, 0.4) is 0 Å². The van der Waals surface area contributed by atoms with Crippen molar-refractivity contribution < 1.29 is 4.79 Å². The predicted molar refractivity (Wildman–Crippen MR) is 71.4 cm³/mol. The average molecular weight is 251 g/mol. The lowest BCUT2D eigenvalue weighted by Crippen LogP contribution is -2.50. The van der Waals surface area contributed by atoms with Crippen molar-refractivity contribution in [3.8, 4) is 0 Å². The standard InChI is InChI=1S/C14H25N3O/c1-16-9-7-13(14(16)18)17(12-5-6-12)10-11-4-2-3-8-15-11/h11-13,15H,2-10H2,1H3. The Morgan fingerprint density at radius 1 is 1.28 bits per heavy atom. The molecule has 0 aromatic rings. The van der Waals surface area contributed by atoms with Gasteiger partial charge in [-0.25, -0.2) is 0 Å². The van der Waals surface area contributed by atoms with Gasteiger partial charge in [0.25, 0.3) is 0 Å². The van der Waals surface area contributed by atoms with Gasteiger partial charge in [-0.15, -0.1) is 0 Å². The zero-order chi connectivity index (χ0) is 12.5. The summed E-state index contributed by atoms with van der Waals surface area (Å²) in [4.78, 5) is 16.6. The molecule has 0 spiro atoms. The first kappa shape index (κ1) is 12.4. The second kappa shape index (κ2) is 5.17. The van der Waals surface area contributed by atoms with Gasteiger partial charge in [-0.05, 0) is 38.6 Å². The van der Waals surface area contributed by atoms with Crippen LogP contribution >= 0.6 is 0 Å². The van der Waals surface area contributed by atoms with Crippen molar-refractivity contribution in [2.75, 3.05) is 26.7 Å². The van der Waals surface area contributed by atoms with E-state index in [0.29, 0.717) is 18.0 Å². The van der Waals surface area contributed by atoms with Crippen LogP contribution in [0.15, 0.2) is 0 Å². The molecule has 0 radical (unpaired) electrons. The molecular weight excluding hydrogens is 226 g/mol. The number of amides is 1. The van der Waals surface area contributed by atoms with Crippen LogP contribution in [-0.4, -0.2) is 60.5 Å². The van der Waals surface area contributed by atoms with E-state index in [1.165, 1.54) is 32.1 Å². The van der Waals surface area contributed by atoms with Crippen LogP contribution in [0, 0.1) is 0 Å². The van der Waals surface area contributed by atoms with Gasteiger partial charge in [0.2, 0.25) is 5.91 Å². The summed E-state index contributed by atoms with van der Waals surface area (Å²) in [6, 6.07) is 1.47. The summed E-state index contributed by atoms with van der Waals surface area (Å²) < 4.78 is 0. The first-order chi connectivity index (χ1) is 8.75. The summed E-state index contributed by atoms with van der Waals surface area (Å²) in [5.41, 5.74) is 0. The predicted octanol–water partition coefficient (Wildman–Crippen LogP) is 0.824. The smallest absolute Gasteiger partial charge is 0.239 e. The van der Waals surface area contributed by atoms with Crippen LogP contribution < -0.4 is 5.32 Å². The van der Waals surface area contributed by atoms with Crippen molar-refractivity contribution in [2.45, 2.75) is 56.7 Å². The van der Waals surface area contributed by atoms with Crippen molar-refractivity contribution in [2.24, 2.45) is 0 Å². The van der Waals surface area contributed by atoms with E-state index < -0.39 is 0 Å². The molecule has 1 aliphatic carbocycles. The fraction of sp³-hybridized carbons (Fsp3) is 0.929. The van der Waals surface area contributed by atoms with Gasteiger partial charge >= 0.3 is 0 Å². The highest BCUT2D eigenvalue weighted by Gasteiger charge is 2.41. The van der Waals surface area contributed by atoms with E-state index in [2.05, 4.69) is 10.2 Å². The molecule has 0 bridgehead atoms. The zero-order valence-corrected chi connectivity index (χ0v) is 11.4. The van der Waals surface area contributed by atoms with Gasteiger partial charge in [0, 0.05) is 32.2 Å². The minimum atomic E-state index is 0.172. The van der Waals surface area contributed by atoms with Crippen LogP contribution in [0.25, 0.3) is 0 Å². The fourth-order valence-electron chi connectivity index (χ4n) is 3.38. The molecule has 18 heavy (non-hydrogen) atoms. The van der Waals surface area contributed by atoms with Crippen LogP contribution in [0.2, 0.25) is 0 Å². The molecule has 2 unspecified atom stereocenters. The summed E-state index contributed by atoms with van der Waals surface area (Å²) in [6.45, 7) is 3.17. The molecule has 3 rings (SSSR count). The number of nitrogens with zero attached hydrogens (tertiary/aromatic N) is 2. The van der Waals surface area contributed by atoms with E-state index in [1.54, 1.807) is 0 Å². The fourth-order valence-corrected chi connectivity index (χ4v) is 3.38. The Morgan fingerprint density at radius 3 is 2.67 bits per heavy atom. The van der Waals surface area contributed by atoms with E-state index in [1.807, 2.05) is 11.9 Å². The van der Waals surface area contributed by atoms with Crippen molar-refractivity contribution in [3.05, 3.63) is 0 Å². The van der Waals surface area contributed by atoms with Gasteiger partial charge in [-0.1, -0.05) is 6.42 Å². The molecule has 0 aromatic heterocycles. The van der Waals surface area contributed by atoms with Crippen molar-refractivity contribution in [3.63, 3.8) is 0 Å². The maximum Gasteiger partial charge on any atom is 0.239 e. The lowest BCUT2D eigenvalue weighted by molar-refractivity contribution is -0.131. The normalized spacial score (nSPS) is 33.4. The van der Waals surface area contributed by atoms with Gasteiger partial charge in [0.05, 0.1) is 6.04 Å². The monoisotopic (exact) mass is 251 g/mol. The highest BCUT2D eigenvalue weighted by atomic mass is 16.2. The highest BCUT2D eigenvalue weighted by Crippen LogP contribution is 2.32. The molecule has 4 heteroatoms. The van der Waals surface area contributed by atoms with E-state index in [9.17, 15) is 4.79 Å². The second-order valence-corrected chi connectivity index (χ2v) is 6.14.